The molecule has 0 fully saturated rings. The van der Waals surface area contributed by atoms with Gasteiger partial charge >= 0.3 is 0 Å². The summed E-state index contributed by atoms with van der Waals surface area (Å²) in [5.41, 5.74) is 0. The van der Waals surface area contributed by atoms with Crippen LogP contribution >= 0.6 is 0 Å². The molecule has 82 valence electrons. The number of allylic oxidation sites excluding steroid dienone is 2. The van der Waals surface area contributed by atoms with Crippen LogP contribution in [-0.2, 0) is 0 Å². The maximum atomic E-state index is 3.54. The van der Waals surface area contributed by atoms with E-state index in [1.807, 2.05) is 0 Å². The Morgan fingerprint density at radius 1 is 1.21 bits per heavy atom. The molecular weight excluding hydrogens is 172 g/mol. The normalized spacial score (nSPS) is 17.1. The summed E-state index contributed by atoms with van der Waals surface area (Å²) in [6, 6.07) is 0. The van der Waals surface area contributed by atoms with Crippen LogP contribution in [0.4, 0.5) is 0 Å². The standard InChI is InChI=1S/C12H24N2/c1-3-14(4-2)10-9-13-11-12-7-5-6-8-12/h5-6,12-13H,3-4,7-11H2,1-2H3. The number of hydrogen-bond donors (Lipinski definition) is 1. The molecule has 0 saturated carbocycles. The Balaban J connectivity index is 1.93. The molecule has 1 aliphatic carbocycles. The number of hydrogen-bond acceptors (Lipinski definition) is 2. The van der Waals surface area contributed by atoms with E-state index in [9.17, 15) is 0 Å². The van der Waals surface area contributed by atoms with Crippen LogP contribution in [-0.4, -0.2) is 37.6 Å². The van der Waals surface area contributed by atoms with E-state index in [1.165, 1.54) is 39.0 Å². The third kappa shape index (κ3) is 4.25. The lowest BCUT2D eigenvalue weighted by molar-refractivity contribution is 0.299. The first-order valence-electron chi connectivity index (χ1n) is 5.94. The highest BCUT2D eigenvalue weighted by molar-refractivity contribution is 4.94. The molecule has 0 spiro atoms. The highest BCUT2D eigenvalue weighted by Gasteiger charge is 2.08. The van der Waals surface area contributed by atoms with E-state index in [0.29, 0.717) is 0 Å². The third-order valence-corrected chi connectivity index (χ3v) is 3.04. The zero-order valence-electron chi connectivity index (χ0n) is 9.63. The molecule has 0 bridgehead atoms. The van der Waals surface area contributed by atoms with Crippen LogP contribution < -0.4 is 5.32 Å². The second-order valence-corrected chi connectivity index (χ2v) is 4.04. The molecule has 0 aromatic rings. The second kappa shape index (κ2) is 7.02. The minimum atomic E-state index is 0.867. The van der Waals surface area contributed by atoms with Gasteiger partial charge in [0.15, 0.2) is 0 Å². The molecule has 1 rings (SSSR count). The number of rotatable bonds is 7. The fourth-order valence-corrected chi connectivity index (χ4v) is 1.92. The van der Waals surface area contributed by atoms with Gasteiger partial charge in [-0.1, -0.05) is 26.0 Å². The summed E-state index contributed by atoms with van der Waals surface area (Å²) in [6.07, 6.45) is 7.16. The van der Waals surface area contributed by atoms with E-state index < -0.39 is 0 Å². The molecule has 0 unspecified atom stereocenters. The summed E-state index contributed by atoms with van der Waals surface area (Å²) in [6.45, 7) is 10.3. The lowest BCUT2D eigenvalue weighted by Gasteiger charge is -2.18. The molecule has 1 N–H and O–H groups in total. The Morgan fingerprint density at radius 3 is 2.43 bits per heavy atom. The maximum Gasteiger partial charge on any atom is 0.0107 e. The average Bonchev–Trinajstić information content (AvgIpc) is 2.71. The van der Waals surface area contributed by atoms with Crippen LogP contribution in [0.1, 0.15) is 26.7 Å². The molecule has 0 aliphatic heterocycles. The molecule has 0 aromatic carbocycles. The summed E-state index contributed by atoms with van der Waals surface area (Å²) in [5, 5.41) is 3.54. The molecular formula is C12H24N2. The van der Waals surface area contributed by atoms with Gasteiger partial charge in [0.1, 0.15) is 0 Å². The first-order chi connectivity index (χ1) is 6.86. The third-order valence-electron chi connectivity index (χ3n) is 3.04. The molecule has 0 heterocycles. The SMILES string of the molecule is CCN(CC)CCNCC1CC=CC1. The van der Waals surface area contributed by atoms with Crippen molar-refractivity contribution in [3.8, 4) is 0 Å². The van der Waals surface area contributed by atoms with E-state index >= 15 is 0 Å². The quantitative estimate of drug-likeness (QED) is 0.494. The van der Waals surface area contributed by atoms with Gasteiger partial charge in [0, 0.05) is 13.1 Å². The van der Waals surface area contributed by atoms with Crippen LogP contribution in [0.2, 0.25) is 0 Å². The fraction of sp³-hybridized carbons (Fsp3) is 0.833. The molecule has 0 radical (unpaired) electrons. The van der Waals surface area contributed by atoms with Gasteiger partial charge in [0.25, 0.3) is 0 Å². The first kappa shape index (κ1) is 11.7. The van der Waals surface area contributed by atoms with Crippen molar-refractivity contribution < 1.29 is 0 Å². The molecule has 0 amide bonds. The van der Waals surface area contributed by atoms with Gasteiger partial charge in [-0.2, -0.15) is 0 Å². The Morgan fingerprint density at radius 2 is 1.86 bits per heavy atom. The van der Waals surface area contributed by atoms with Crippen molar-refractivity contribution >= 4 is 0 Å². The fourth-order valence-electron chi connectivity index (χ4n) is 1.92. The van der Waals surface area contributed by atoms with Crippen molar-refractivity contribution in [2.45, 2.75) is 26.7 Å². The van der Waals surface area contributed by atoms with E-state index in [1.54, 1.807) is 0 Å². The Hall–Kier alpha value is -0.340. The highest BCUT2D eigenvalue weighted by atomic mass is 15.1. The molecule has 14 heavy (non-hydrogen) atoms. The molecule has 2 nitrogen and oxygen atoms in total. The van der Waals surface area contributed by atoms with Crippen molar-refractivity contribution in [1.29, 1.82) is 0 Å². The first-order valence-corrected chi connectivity index (χ1v) is 5.94. The number of nitrogens with zero attached hydrogens (tertiary/aromatic N) is 1. The zero-order valence-corrected chi connectivity index (χ0v) is 9.63. The van der Waals surface area contributed by atoms with Crippen molar-refractivity contribution in [2.24, 2.45) is 5.92 Å². The average molecular weight is 196 g/mol. The Bertz CT molecular complexity index is 150. The smallest absolute Gasteiger partial charge is 0.0107 e. The summed E-state index contributed by atoms with van der Waals surface area (Å²) in [4.78, 5) is 2.46. The van der Waals surface area contributed by atoms with Gasteiger partial charge in [0.2, 0.25) is 0 Å². The summed E-state index contributed by atoms with van der Waals surface area (Å²) < 4.78 is 0. The topological polar surface area (TPSA) is 15.3 Å². The van der Waals surface area contributed by atoms with E-state index in [-0.39, 0.29) is 0 Å². The van der Waals surface area contributed by atoms with Gasteiger partial charge in [-0.25, -0.2) is 0 Å². The Kier molecular flexibility index (Phi) is 5.88. The van der Waals surface area contributed by atoms with Crippen molar-refractivity contribution in [1.82, 2.24) is 10.2 Å². The minimum absolute atomic E-state index is 0.867. The van der Waals surface area contributed by atoms with Gasteiger partial charge in [-0.3, -0.25) is 0 Å². The maximum absolute atomic E-state index is 3.54. The predicted octanol–water partition coefficient (Wildman–Crippen LogP) is 1.88. The molecule has 0 atom stereocenters. The lowest BCUT2D eigenvalue weighted by Crippen LogP contribution is -2.33. The number of nitrogens with one attached hydrogen (secondary N) is 1. The van der Waals surface area contributed by atoms with Gasteiger partial charge < -0.3 is 10.2 Å². The molecule has 1 aliphatic rings. The van der Waals surface area contributed by atoms with Crippen LogP contribution in [0.15, 0.2) is 12.2 Å². The van der Waals surface area contributed by atoms with Crippen molar-refractivity contribution in [2.75, 3.05) is 32.7 Å². The van der Waals surface area contributed by atoms with Crippen molar-refractivity contribution in [3.63, 3.8) is 0 Å². The van der Waals surface area contributed by atoms with E-state index in [4.69, 9.17) is 0 Å². The summed E-state index contributed by atoms with van der Waals surface area (Å²) in [7, 11) is 0. The highest BCUT2D eigenvalue weighted by Crippen LogP contribution is 2.15. The minimum Gasteiger partial charge on any atom is -0.315 e. The monoisotopic (exact) mass is 196 g/mol. The van der Waals surface area contributed by atoms with E-state index in [2.05, 4.69) is 36.2 Å². The zero-order chi connectivity index (χ0) is 10.2. The van der Waals surface area contributed by atoms with Gasteiger partial charge in [-0.15, -0.1) is 0 Å². The summed E-state index contributed by atoms with van der Waals surface area (Å²) in [5.74, 6) is 0.867. The molecule has 0 aromatic heterocycles. The van der Waals surface area contributed by atoms with Gasteiger partial charge in [0.05, 0.1) is 0 Å². The van der Waals surface area contributed by atoms with Gasteiger partial charge in [-0.05, 0) is 38.4 Å². The predicted molar refractivity (Wildman–Crippen MR) is 62.5 cm³/mol. The van der Waals surface area contributed by atoms with Crippen LogP contribution in [0.5, 0.6) is 0 Å². The van der Waals surface area contributed by atoms with Crippen molar-refractivity contribution in [3.05, 3.63) is 12.2 Å². The number of likely N-dealkylation sites (N-methyl/N-ethyl adjacent to an activating group) is 1. The summed E-state index contributed by atoms with van der Waals surface area (Å²) >= 11 is 0. The van der Waals surface area contributed by atoms with Crippen LogP contribution in [0.25, 0.3) is 0 Å². The lowest BCUT2D eigenvalue weighted by atomic mass is 10.1. The Labute approximate surface area is 88.4 Å². The van der Waals surface area contributed by atoms with Crippen LogP contribution in [0.3, 0.4) is 0 Å². The molecule has 2 heteroatoms. The largest absolute Gasteiger partial charge is 0.315 e. The van der Waals surface area contributed by atoms with Crippen LogP contribution in [0, 0.1) is 5.92 Å². The van der Waals surface area contributed by atoms with E-state index in [0.717, 1.165) is 12.5 Å². The second-order valence-electron chi connectivity index (χ2n) is 4.04. The molecule has 0 saturated heterocycles.